The molecule has 72 valence electrons. The summed E-state index contributed by atoms with van der Waals surface area (Å²) in [4.78, 5) is 0. The van der Waals surface area contributed by atoms with Crippen LogP contribution in [0.25, 0.3) is 0 Å². The first-order chi connectivity index (χ1) is 6.12. The van der Waals surface area contributed by atoms with E-state index in [1.807, 2.05) is 0 Å². The Morgan fingerprint density at radius 3 is 2.92 bits per heavy atom. The lowest BCUT2D eigenvalue weighted by Crippen LogP contribution is -2.48. The minimum absolute atomic E-state index is 0.714. The molecule has 1 saturated heterocycles. The van der Waals surface area contributed by atoms with Crippen LogP contribution in [0, 0.1) is 0 Å². The summed E-state index contributed by atoms with van der Waals surface area (Å²) in [6, 6.07) is 0.714. The number of allylic oxidation sites excluding steroid dienone is 2. The average molecular weight is 178 g/mol. The summed E-state index contributed by atoms with van der Waals surface area (Å²) in [5.41, 5.74) is 3.12. The van der Waals surface area contributed by atoms with Crippen molar-refractivity contribution in [1.29, 1.82) is 0 Å². The average Bonchev–Trinajstić information content (AvgIpc) is 2.18. The molecule has 1 nitrogen and oxygen atoms in total. The van der Waals surface area contributed by atoms with E-state index in [2.05, 4.69) is 33.2 Å². The highest BCUT2D eigenvalue weighted by Gasteiger charge is 2.34. The standard InChI is InChI=1S/C12H20N/c1-10-8-12-6-4-5-7-13(3,9-10)11(12)2/h8-9,11H,4-7H2,1-3H3/q+1. The Morgan fingerprint density at radius 1 is 1.38 bits per heavy atom. The van der Waals surface area contributed by atoms with E-state index in [1.165, 1.54) is 31.4 Å². The summed E-state index contributed by atoms with van der Waals surface area (Å²) in [5, 5.41) is 0. The van der Waals surface area contributed by atoms with Gasteiger partial charge in [0.1, 0.15) is 6.04 Å². The van der Waals surface area contributed by atoms with Crippen molar-refractivity contribution < 1.29 is 4.48 Å². The van der Waals surface area contributed by atoms with Gasteiger partial charge in [-0.05, 0) is 44.8 Å². The normalized spacial score (nSPS) is 39.2. The SMILES string of the molecule is CC1=C[N+]2(C)CCCCC(=C1)C2C. The van der Waals surface area contributed by atoms with Gasteiger partial charge in [0.15, 0.2) is 0 Å². The summed E-state index contributed by atoms with van der Waals surface area (Å²) in [5.74, 6) is 0. The number of likely N-dealkylation sites (N-methyl/N-ethyl adjacent to an activating group) is 1. The molecule has 2 aliphatic rings. The van der Waals surface area contributed by atoms with Crippen molar-refractivity contribution in [3.63, 3.8) is 0 Å². The lowest BCUT2D eigenvalue weighted by molar-refractivity contribution is -0.878. The lowest BCUT2D eigenvalue weighted by Gasteiger charge is -2.38. The fourth-order valence-corrected chi connectivity index (χ4v) is 2.73. The third-order valence-electron chi connectivity index (χ3n) is 3.69. The summed E-state index contributed by atoms with van der Waals surface area (Å²) in [6.07, 6.45) is 8.91. The third kappa shape index (κ3) is 1.46. The largest absolute Gasteiger partial charge is 0.294 e. The molecule has 0 spiro atoms. The molecule has 0 aromatic heterocycles. The maximum absolute atomic E-state index is 2.43. The molecule has 2 aliphatic heterocycles. The van der Waals surface area contributed by atoms with Crippen LogP contribution in [0.1, 0.15) is 33.1 Å². The van der Waals surface area contributed by atoms with E-state index < -0.39 is 0 Å². The number of hydrogen-bond donors (Lipinski definition) is 0. The van der Waals surface area contributed by atoms with Crippen molar-refractivity contribution in [2.24, 2.45) is 0 Å². The number of nitrogens with zero attached hydrogens (tertiary/aromatic N) is 1. The Kier molecular flexibility index (Phi) is 2.07. The number of quaternary nitrogens is 1. The van der Waals surface area contributed by atoms with Crippen molar-refractivity contribution >= 4 is 0 Å². The molecular formula is C12H20N+. The number of rotatable bonds is 0. The molecule has 0 aromatic carbocycles. The molecule has 0 amide bonds. The second-order valence-electron chi connectivity index (χ2n) is 4.80. The van der Waals surface area contributed by atoms with Gasteiger partial charge in [-0.1, -0.05) is 0 Å². The van der Waals surface area contributed by atoms with E-state index in [0.717, 1.165) is 4.48 Å². The van der Waals surface area contributed by atoms with E-state index in [9.17, 15) is 0 Å². The third-order valence-corrected chi connectivity index (χ3v) is 3.69. The number of hydrogen-bond acceptors (Lipinski definition) is 0. The smallest absolute Gasteiger partial charge is 0.112 e. The molecule has 13 heavy (non-hydrogen) atoms. The van der Waals surface area contributed by atoms with Crippen LogP contribution in [0.3, 0.4) is 0 Å². The van der Waals surface area contributed by atoms with Crippen LogP contribution in [-0.2, 0) is 0 Å². The first kappa shape index (κ1) is 9.01. The molecule has 2 rings (SSSR count). The molecule has 0 N–H and O–H groups in total. The van der Waals surface area contributed by atoms with Gasteiger partial charge in [-0.15, -0.1) is 0 Å². The summed E-state index contributed by atoms with van der Waals surface area (Å²) in [6.45, 7) is 5.92. The first-order valence-corrected chi connectivity index (χ1v) is 5.37. The zero-order valence-corrected chi connectivity index (χ0v) is 9.01. The van der Waals surface area contributed by atoms with E-state index in [1.54, 1.807) is 5.57 Å². The molecule has 0 aromatic rings. The summed E-state index contributed by atoms with van der Waals surface area (Å²) < 4.78 is 1.14. The maximum atomic E-state index is 2.43. The Morgan fingerprint density at radius 2 is 2.15 bits per heavy atom. The van der Waals surface area contributed by atoms with Gasteiger partial charge < -0.3 is 0 Å². The highest BCUT2D eigenvalue weighted by atomic mass is 15.3. The van der Waals surface area contributed by atoms with E-state index >= 15 is 0 Å². The molecule has 2 atom stereocenters. The lowest BCUT2D eigenvalue weighted by atomic mass is 9.97. The van der Waals surface area contributed by atoms with Gasteiger partial charge in [-0.3, -0.25) is 4.48 Å². The van der Waals surface area contributed by atoms with Crippen LogP contribution in [-0.4, -0.2) is 24.1 Å². The topological polar surface area (TPSA) is 0 Å². The van der Waals surface area contributed by atoms with Gasteiger partial charge in [0.05, 0.1) is 19.8 Å². The molecule has 0 saturated carbocycles. The Hall–Kier alpha value is -0.560. The van der Waals surface area contributed by atoms with Gasteiger partial charge >= 0.3 is 0 Å². The van der Waals surface area contributed by atoms with Crippen molar-refractivity contribution in [2.75, 3.05) is 13.6 Å². The highest BCUT2D eigenvalue weighted by Crippen LogP contribution is 2.32. The Bertz CT molecular complexity index is 275. The van der Waals surface area contributed by atoms with Crippen molar-refractivity contribution in [1.82, 2.24) is 0 Å². The molecule has 0 radical (unpaired) electrons. The van der Waals surface area contributed by atoms with Crippen LogP contribution in [0.15, 0.2) is 23.4 Å². The van der Waals surface area contributed by atoms with Crippen LogP contribution < -0.4 is 0 Å². The quantitative estimate of drug-likeness (QED) is 0.500. The zero-order valence-electron chi connectivity index (χ0n) is 9.01. The van der Waals surface area contributed by atoms with E-state index in [0.29, 0.717) is 6.04 Å². The summed E-state index contributed by atoms with van der Waals surface area (Å²) in [7, 11) is 2.37. The molecule has 1 fully saturated rings. The van der Waals surface area contributed by atoms with Crippen molar-refractivity contribution in [3.8, 4) is 0 Å². The number of fused-ring (bicyclic) bond motifs is 2. The summed E-state index contributed by atoms with van der Waals surface area (Å²) >= 11 is 0. The van der Waals surface area contributed by atoms with Gasteiger partial charge in [0, 0.05) is 5.57 Å². The van der Waals surface area contributed by atoms with E-state index in [-0.39, 0.29) is 0 Å². The van der Waals surface area contributed by atoms with Gasteiger partial charge in [0.25, 0.3) is 0 Å². The molecule has 2 unspecified atom stereocenters. The molecule has 1 heteroatoms. The highest BCUT2D eigenvalue weighted by molar-refractivity contribution is 5.26. The minimum Gasteiger partial charge on any atom is -0.294 e. The van der Waals surface area contributed by atoms with Crippen molar-refractivity contribution in [3.05, 3.63) is 23.4 Å². The van der Waals surface area contributed by atoms with Crippen LogP contribution in [0.4, 0.5) is 0 Å². The van der Waals surface area contributed by atoms with Gasteiger partial charge in [-0.2, -0.15) is 0 Å². The molecule has 0 aliphatic carbocycles. The zero-order chi connectivity index (χ0) is 9.47. The van der Waals surface area contributed by atoms with Crippen molar-refractivity contribution in [2.45, 2.75) is 39.2 Å². The van der Waals surface area contributed by atoms with Crippen LogP contribution in [0.5, 0.6) is 0 Å². The predicted molar refractivity (Wildman–Crippen MR) is 56.2 cm³/mol. The van der Waals surface area contributed by atoms with Crippen LogP contribution >= 0.6 is 0 Å². The Labute approximate surface area is 81.3 Å². The molecule has 2 bridgehead atoms. The maximum Gasteiger partial charge on any atom is 0.112 e. The molecular weight excluding hydrogens is 158 g/mol. The first-order valence-electron chi connectivity index (χ1n) is 5.37. The van der Waals surface area contributed by atoms with Gasteiger partial charge in [-0.25, -0.2) is 0 Å². The minimum atomic E-state index is 0.714. The second-order valence-corrected chi connectivity index (χ2v) is 4.80. The fraction of sp³-hybridized carbons (Fsp3) is 0.667. The monoisotopic (exact) mass is 178 g/mol. The second kappa shape index (κ2) is 2.98. The van der Waals surface area contributed by atoms with Crippen LogP contribution in [0.2, 0.25) is 0 Å². The van der Waals surface area contributed by atoms with E-state index in [4.69, 9.17) is 0 Å². The fourth-order valence-electron chi connectivity index (χ4n) is 2.73. The Balaban J connectivity index is 2.41. The van der Waals surface area contributed by atoms with Gasteiger partial charge in [0.2, 0.25) is 0 Å². The molecule has 2 heterocycles. The predicted octanol–water partition coefficient (Wildman–Crippen LogP) is 2.85.